The molecule has 0 saturated carbocycles. The average molecular weight is 360 g/mol. The van der Waals surface area contributed by atoms with Gasteiger partial charge in [0.25, 0.3) is 0 Å². The maximum absolute atomic E-state index is 12.6. The van der Waals surface area contributed by atoms with Gasteiger partial charge in [-0.3, -0.25) is 9.59 Å². The number of amides is 2. The predicted molar refractivity (Wildman–Crippen MR) is 98.6 cm³/mol. The highest BCUT2D eigenvalue weighted by atomic mass is 16.2. The Labute approximate surface area is 154 Å². The Kier molecular flexibility index (Phi) is 5.70. The van der Waals surface area contributed by atoms with Crippen molar-refractivity contribution in [3.05, 3.63) is 17.1 Å². The molecular weight excluding hydrogens is 332 g/mol. The predicted octanol–water partition coefficient (Wildman–Crippen LogP) is 0.696. The molecule has 3 heterocycles. The smallest absolute Gasteiger partial charge is 0.242 e. The van der Waals surface area contributed by atoms with Gasteiger partial charge in [0.05, 0.1) is 18.3 Å². The Balaban J connectivity index is 1.88. The minimum absolute atomic E-state index is 0.0262. The van der Waals surface area contributed by atoms with E-state index in [-0.39, 0.29) is 24.4 Å². The normalized spacial score (nSPS) is 20.4. The average Bonchev–Trinajstić information content (AvgIpc) is 2.64. The van der Waals surface area contributed by atoms with Crippen molar-refractivity contribution in [2.45, 2.75) is 45.2 Å². The lowest BCUT2D eigenvalue weighted by Gasteiger charge is -2.36. The van der Waals surface area contributed by atoms with Crippen LogP contribution in [0.3, 0.4) is 0 Å². The number of rotatable bonds is 4. The summed E-state index contributed by atoms with van der Waals surface area (Å²) in [5, 5.41) is 5.81. The lowest BCUT2D eigenvalue weighted by molar-refractivity contribution is -0.136. The molecule has 2 aliphatic heterocycles. The van der Waals surface area contributed by atoms with Gasteiger partial charge < -0.3 is 20.4 Å². The molecule has 1 fully saturated rings. The molecule has 0 bridgehead atoms. The number of anilines is 1. The van der Waals surface area contributed by atoms with E-state index in [1.165, 1.54) is 12.5 Å². The van der Waals surface area contributed by atoms with Gasteiger partial charge in [-0.2, -0.15) is 0 Å². The molecule has 0 aromatic carbocycles. The fourth-order valence-electron chi connectivity index (χ4n) is 3.74. The maximum Gasteiger partial charge on any atom is 0.242 e. The summed E-state index contributed by atoms with van der Waals surface area (Å²) in [7, 11) is 3.97. The van der Waals surface area contributed by atoms with E-state index in [9.17, 15) is 9.59 Å². The van der Waals surface area contributed by atoms with Crippen LogP contribution in [-0.4, -0.2) is 65.3 Å². The van der Waals surface area contributed by atoms with Gasteiger partial charge in [-0.15, -0.1) is 0 Å². The number of nitrogens with one attached hydrogen (secondary N) is 2. The standard InChI is InChI=1S/C18H28N6O2/c1-12(25)20-10-16(26)24-8-5-4-6-15(24)18-21-14-11-23(3)9-7-13(14)17(19-2)22-18/h15H,4-11H2,1-3H3,(H,20,25)(H,19,21,22). The SMILES string of the molecule is CNc1nc(C2CCCCN2C(=O)CNC(C)=O)nc2c1CCN(C)C2. The van der Waals surface area contributed by atoms with Crippen molar-refractivity contribution in [2.24, 2.45) is 0 Å². The highest BCUT2D eigenvalue weighted by molar-refractivity contribution is 5.84. The third-order valence-electron chi connectivity index (χ3n) is 5.12. The topological polar surface area (TPSA) is 90.5 Å². The van der Waals surface area contributed by atoms with Gasteiger partial charge in [0.1, 0.15) is 5.82 Å². The molecule has 0 radical (unpaired) electrons. The van der Waals surface area contributed by atoms with E-state index in [0.717, 1.165) is 50.3 Å². The summed E-state index contributed by atoms with van der Waals surface area (Å²) < 4.78 is 0. The Morgan fingerprint density at radius 1 is 1.23 bits per heavy atom. The molecule has 1 aromatic heterocycles. The molecule has 8 heteroatoms. The molecule has 2 amide bonds. The van der Waals surface area contributed by atoms with Crippen molar-refractivity contribution in [1.82, 2.24) is 25.1 Å². The van der Waals surface area contributed by atoms with Gasteiger partial charge in [0.2, 0.25) is 11.8 Å². The van der Waals surface area contributed by atoms with Crippen molar-refractivity contribution in [1.29, 1.82) is 0 Å². The zero-order valence-electron chi connectivity index (χ0n) is 15.8. The first-order valence-electron chi connectivity index (χ1n) is 9.29. The van der Waals surface area contributed by atoms with Crippen molar-refractivity contribution < 1.29 is 9.59 Å². The maximum atomic E-state index is 12.6. The van der Waals surface area contributed by atoms with Crippen LogP contribution in [0, 0.1) is 0 Å². The van der Waals surface area contributed by atoms with Crippen LogP contribution >= 0.6 is 0 Å². The monoisotopic (exact) mass is 360 g/mol. The molecule has 1 atom stereocenters. The quantitative estimate of drug-likeness (QED) is 0.821. The summed E-state index contributed by atoms with van der Waals surface area (Å²) in [5.74, 6) is 1.31. The number of carbonyl (C=O) groups excluding carboxylic acids is 2. The number of piperidine rings is 1. The van der Waals surface area contributed by atoms with Gasteiger partial charge in [0.15, 0.2) is 5.82 Å². The summed E-state index contributed by atoms with van der Waals surface area (Å²) in [6, 6.07) is -0.130. The number of likely N-dealkylation sites (tertiary alicyclic amines) is 1. The van der Waals surface area contributed by atoms with E-state index in [2.05, 4.69) is 22.6 Å². The minimum Gasteiger partial charge on any atom is -0.373 e. The van der Waals surface area contributed by atoms with Crippen molar-refractivity contribution in [3.8, 4) is 0 Å². The Morgan fingerprint density at radius 2 is 2.04 bits per heavy atom. The van der Waals surface area contributed by atoms with E-state index in [0.29, 0.717) is 12.4 Å². The van der Waals surface area contributed by atoms with Crippen LogP contribution in [0.25, 0.3) is 0 Å². The first-order valence-corrected chi connectivity index (χ1v) is 9.29. The molecule has 142 valence electrons. The molecule has 2 N–H and O–H groups in total. The van der Waals surface area contributed by atoms with E-state index in [1.54, 1.807) is 0 Å². The molecule has 2 aliphatic rings. The van der Waals surface area contributed by atoms with Crippen molar-refractivity contribution >= 4 is 17.6 Å². The van der Waals surface area contributed by atoms with Crippen LogP contribution in [-0.2, 0) is 22.6 Å². The van der Waals surface area contributed by atoms with Crippen LogP contribution in [0.5, 0.6) is 0 Å². The number of aromatic nitrogens is 2. The summed E-state index contributed by atoms with van der Waals surface area (Å²) in [4.78, 5) is 37.4. The van der Waals surface area contributed by atoms with Crippen molar-refractivity contribution in [2.75, 3.05) is 39.0 Å². The van der Waals surface area contributed by atoms with Crippen LogP contribution in [0.2, 0.25) is 0 Å². The zero-order chi connectivity index (χ0) is 18.7. The van der Waals surface area contributed by atoms with Crippen LogP contribution in [0.15, 0.2) is 0 Å². The Morgan fingerprint density at radius 3 is 2.77 bits per heavy atom. The fraction of sp³-hybridized carbons (Fsp3) is 0.667. The minimum atomic E-state index is -0.197. The van der Waals surface area contributed by atoms with Gasteiger partial charge in [-0.25, -0.2) is 9.97 Å². The third-order valence-corrected chi connectivity index (χ3v) is 5.12. The molecule has 0 aliphatic carbocycles. The number of carbonyl (C=O) groups is 2. The zero-order valence-corrected chi connectivity index (χ0v) is 15.8. The summed E-state index contributed by atoms with van der Waals surface area (Å²) in [5.41, 5.74) is 2.23. The van der Waals surface area contributed by atoms with E-state index in [4.69, 9.17) is 9.97 Å². The largest absolute Gasteiger partial charge is 0.373 e. The molecule has 8 nitrogen and oxygen atoms in total. The molecule has 1 unspecified atom stereocenters. The number of hydrogen-bond donors (Lipinski definition) is 2. The summed E-state index contributed by atoms with van der Waals surface area (Å²) >= 11 is 0. The first kappa shape index (κ1) is 18.6. The highest BCUT2D eigenvalue weighted by Gasteiger charge is 2.31. The second-order valence-electron chi connectivity index (χ2n) is 7.10. The van der Waals surface area contributed by atoms with E-state index < -0.39 is 0 Å². The molecule has 3 rings (SSSR count). The van der Waals surface area contributed by atoms with Gasteiger partial charge >= 0.3 is 0 Å². The highest BCUT2D eigenvalue weighted by Crippen LogP contribution is 2.32. The Bertz CT molecular complexity index is 693. The molecule has 26 heavy (non-hydrogen) atoms. The summed E-state index contributed by atoms with van der Waals surface area (Å²) in [6.45, 7) is 3.92. The number of hydrogen-bond acceptors (Lipinski definition) is 6. The van der Waals surface area contributed by atoms with Gasteiger partial charge in [0, 0.05) is 39.2 Å². The number of nitrogens with zero attached hydrogens (tertiary/aromatic N) is 4. The number of likely N-dealkylation sites (N-methyl/N-ethyl adjacent to an activating group) is 1. The van der Waals surface area contributed by atoms with Crippen molar-refractivity contribution in [3.63, 3.8) is 0 Å². The third kappa shape index (κ3) is 3.95. The lowest BCUT2D eigenvalue weighted by Crippen LogP contribution is -2.44. The second kappa shape index (κ2) is 7.99. The molecule has 1 saturated heterocycles. The Hall–Kier alpha value is -2.22. The first-order chi connectivity index (χ1) is 12.5. The van der Waals surface area contributed by atoms with E-state index >= 15 is 0 Å². The molecule has 0 spiro atoms. The van der Waals surface area contributed by atoms with Crippen LogP contribution in [0.4, 0.5) is 5.82 Å². The van der Waals surface area contributed by atoms with Crippen LogP contribution in [0.1, 0.15) is 49.3 Å². The van der Waals surface area contributed by atoms with E-state index in [1.807, 2.05) is 11.9 Å². The van der Waals surface area contributed by atoms with Gasteiger partial charge in [-0.1, -0.05) is 0 Å². The second-order valence-corrected chi connectivity index (χ2v) is 7.10. The number of fused-ring (bicyclic) bond motifs is 1. The fourth-order valence-corrected chi connectivity index (χ4v) is 3.74. The lowest BCUT2D eigenvalue weighted by atomic mass is 9.99. The molecule has 1 aromatic rings. The molecular formula is C18H28N6O2. The van der Waals surface area contributed by atoms with Gasteiger partial charge in [-0.05, 0) is 32.7 Å². The summed E-state index contributed by atoms with van der Waals surface area (Å²) in [6.07, 6.45) is 3.79. The van der Waals surface area contributed by atoms with Crippen LogP contribution < -0.4 is 10.6 Å².